The van der Waals surface area contributed by atoms with E-state index in [1.807, 2.05) is 0 Å². The number of rotatable bonds is 6. The molecule has 1 aliphatic carbocycles. The highest BCUT2D eigenvalue weighted by atomic mass is 35.5. The highest BCUT2D eigenvalue weighted by molar-refractivity contribution is 7.90. The van der Waals surface area contributed by atoms with Crippen LogP contribution in [-0.4, -0.2) is 44.8 Å². The molecule has 1 saturated carbocycles. The summed E-state index contributed by atoms with van der Waals surface area (Å²) in [7, 11) is -3.67. The van der Waals surface area contributed by atoms with Gasteiger partial charge in [-0.1, -0.05) is 30.6 Å². The predicted octanol–water partition coefficient (Wildman–Crippen LogP) is 2.87. The van der Waals surface area contributed by atoms with E-state index in [-0.39, 0.29) is 40.5 Å². The quantitative estimate of drug-likeness (QED) is 0.299. The van der Waals surface area contributed by atoms with Crippen LogP contribution in [0.15, 0.2) is 22.2 Å². The number of benzene rings is 1. The van der Waals surface area contributed by atoms with Crippen molar-refractivity contribution in [3.63, 3.8) is 0 Å². The molecule has 152 valence electrons. The maximum Gasteiger partial charge on any atom is 0.182 e. The van der Waals surface area contributed by atoms with E-state index in [0.29, 0.717) is 0 Å². The molecule has 0 amide bonds. The Hall–Kier alpha value is -2.06. The third-order valence-corrected chi connectivity index (χ3v) is 5.96. The summed E-state index contributed by atoms with van der Waals surface area (Å²) in [6, 6.07) is 2.43. The average molecular weight is 428 g/mol. The van der Waals surface area contributed by atoms with E-state index in [1.54, 1.807) is 20.8 Å². The molecule has 2 rings (SSSR count). The zero-order valence-electron chi connectivity index (χ0n) is 16.1. The van der Waals surface area contributed by atoms with Crippen molar-refractivity contribution in [2.24, 2.45) is 16.5 Å². The minimum Gasteiger partial charge on any atom is -0.396 e. The van der Waals surface area contributed by atoms with Crippen molar-refractivity contribution >= 4 is 45.0 Å². The molecule has 0 aliphatic heterocycles. The predicted molar refractivity (Wildman–Crippen MR) is 105 cm³/mol. The molecule has 0 N–H and O–H groups in total. The van der Waals surface area contributed by atoms with Crippen LogP contribution in [-0.2, 0) is 24.3 Å². The Kier molecular flexibility index (Phi) is 6.45. The third kappa shape index (κ3) is 4.67. The number of hydrogen-bond acceptors (Lipinski definition) is 7. The number of sulfone groups is 1. The van der Waals surface area contributed by atoms with Crippen molar-refractivity contribution in [1.29, 1.82) is 0 Å². The number of hydrogen-bond donors (Lipinski definition) is 0. The summed E-state index contributed by atoms with van der Waals surface area (Å²) in [6.07, 6.45) is 2.31. The molecular formula is C19H22ClNO6S. The van der Waals surface area contributed by atoms with Crippen LogP contribution in [0.25, 0.3) is 0 Å². The van der Waals surface area contributed by atoms with Gasteiger partial charge in [-0.3, -0.25) is 14.4 Å². The Balaban J connectivity index is 2.54. The highest BCUT2D eigenvalue weighted by Gasteiger charge is 2.44. The summed E-state index contributed by atoms with van der Waals surface area (Å²) >= 11 is 6.31. The van der Waals surface area contributed by atoms with Crippen LogP contribution >= 0.6 is 11.6 Å². The molecule has 0 atom stereocenters. The van der Waals surface area contributed by atoms with Gasteiger partial charge in [0, 0.05) is 30.2 Å². The van der Waals surface area contributed by atoms with Crippen molar-refractivity contribution in [2.45, 2.75) is 38.5 Å². The van der Waals surface area contributed by atoms with Gasteiger partial charge in [-0.2, -0.15) is 0 Å². The molecule has 0 radical (unpaired) electrons. The summed E-state index contributed by atoms with van der Waals surface area (Å²) in [5, 5.41) is 3.45. The van der Waals surface area contributed by atoms with E-state index in [9.17, 15) is 22.8 Å². The van der Waals surface area contributed by atoms with E-state index in [4.69, 9.17) is 16.4 Å². The summed E-state index contributed by atoms with van der Waals surface area (Å²) < 4.78 is 24.1. The molecule has 28 heavy (non-hydrogen) atoms. The van der Waals surface area contributed by atoms with Crippen LogP contribution in [0.3, 0.4) is 0 Å². The summed E-state index contributed by atoms with van der Waals surface area (Å²) in [4.78, 5) is 42.5. The first-order valence-electron chi connectivity index (χ1n) is 8.66. The van der Waals surface area contributed by atoms with Crippen molar-refractivity contribution in [3.05, 3.63) is 28.3 Å². The molecule has 9 heteroatoms. The van der Waals surface area contributed by atoms with E-state index >= 15 is 0 Å². The molecule has 0 aromatic heterocycles. The van der Waals surface area contributed by atoms with Crippen LogP contribution in [0, 0.1) is 11.3 Å². The number of carbonyl (C=O) groups excluding carboxylic acids is 3. The minimum atomic E-state index is -3.67. The zero-order valence-corrected chi connectivity index (χ0v) is 17.7. The first-order valence-corrected chi connectivity index (χ1v) is 10.9. The van der Waals surface area contributed by atoms with E-state index < -0.39 is 38.5 Å². The van der Waals surface area contributed by atoms with Crippen molar-refractivity contribution in [3.8, 4) is 0 Å². The molecule has 1 aromatic carbocycles. The van der Waals surface area contributed by atoms with E-state index in [0.717, 1.165) is 12.5 Å². The molecule has 1 aromatic rings. The molecule has 1 aliphatic rings. The monoisotopic (exact) mass is 427 g/mol. The SMILES string of the molecule is CCON=Cc1c(S(C)(=O)=O)ccc(C(=O)C2C(=O)CC(C)(C)CC2=O)c1Cl. The molecule has 1 fully saturated rings. The average Bonchev–Trinajstić information content (AvgIpc) is 2.53. The number of oxime groups is 1. The molecular weight excluding hydrogens is 406 g/mol. The lowest BCUT2D eigenvalue weighted by atomic mass is 9.69. The van der Waals surface area contributed by atoms with E-state index in [2.05, 4.69) is 5.16 Å². The van der Waals surface area contributed by atoms with Gasteiger partial charge in [0.1, 0.15) is 12.5 Å². The second-order valence-electron chi connectivity index (χ2n) is 7.51. The van der Waals surface area contributed by atoms with Gasteiger partial charge >= 0.3 is 0 Å². The largest absolute Gasteiger partial charge is 0.396 e. The second kappa shape index (κ2) is 8.13. The van der Waals surface area contributed by atoms with E-state index in [1.165, 1.54) is 12.1 Å². The van der Waals surface area contributed by atoms with Gasteiger partial charge < -0.3 is 4.84 Å². The van der Waals surface area contributed by atoms with Gasteiger partial charge in [0.15, 0.2) is 27.2 Å². The Morgan fingerprint density at radius 1 is 1.29 bits per heavy atom. The van der Waals surface area contributed by atoms with Crippen LogP contribution < -0.4 is 0 Å². The Bertz CT molecular complexity index is 945. The summed E-state index contributed by atoms with van der Waals surface area (Å²) in [6.45, 7) is 5.53. The first kappa shape index (κ1) is 22.2. The van der Waals surface area contributed by atoms with Gasteiger partial charge in [0.05, 0.1) is 16.1 Å². The fourth-order valence-electron chi connectivity index (χ4n) is 3.21. The maximum absolute atomic E-state index is 12.9. The summed E-state index contributed by atoms with van der Waals surface area (Å²) in [5.41, 5.74) is -0.623. The molecule has 0 saturated heterocycles. The number of halogens is 1. The highest BCUT2D eigenvalue weighted by Crippen LogP contribution is 2.36. The Labute approximate surface area is 169 Å². The van der Waals surface area contributed by atoms with Crippen LogP contribution in [0.4, 0.5) is 0 Å². The smallest absolute Gasteiger partial charge is 0.182 e. The molecule has 0 spiro atoms. The van der Waals surface area contributed by atoms with Gasteiger partial charge in [-0.05, 0) is 24.5 Å². The molecule has 0 bridgehead atoms. The zero-order chi connectivity index (χ0) is 21.3. The second-order valence-corrected chi connectivity index (χ2v) is 9.87. The van der Waals surface area contributed by atoms with Gasteiger partial charge in [-0.15, -0.1) is 0 Å². The standard InChI is InChI=1S/C19H22ClNO6S/c1-5-27-21-10-12-15(28(4,25)26)7-6-11(17(12)20)18(24)16-13(22)8-19(2,3)9-14(16)23/h6-7,10,16H,5,8-9H2,1-4H3. The van der Waals surface area contributed by atoms with Gasteiger partial charge in [-0.25, -0.2) is 8.42 Å². The molecule has 0 unspecified atom stereocenters. The normalized spacial score (nSPS) is 17.9. The summed E-state index contributed by atoms with van der Waals surface area (Å²) in [5.74, 6) is -3.08. The van der Waals surface area contributed by atoms with Gasteiger partial charge in [0.2, 0.25) is 0 Å². The van der Waals surface area contributed by atoms with Crippen LogP contribution in [0.1, 0.15) is 49.5 Å². The minimum absolute atomic E-state index is 0.0282. The van der Waals surface area contributed by atoms with Crippen LogP contribution in [0.2, 0.25) is 5.02 Å². The molecule has 7 nitrogen and oxygen atoms in total. The molecule has 0 heterocycles. The third-order valence-electron chi connectivity index (χ3n) is 4.40. The lowest BCUT2D eigenvalue weighted by molar-refractivity contribution is -0.137. The lowest BCUT2D eigenvalue weighted by Gasteiger charge is -2.31. The maximum atomic E-state index is 12.9. The van der Waals surface area contributed by atoms with Crippen molar-refractivity contribution < 1.29 is 27.6 Å². The topological polar surface area (TPSA) is 107 Å². The van der Waals surface area contributed by atoms with Crippen molar-refractivity contribution in [2.75, 3.05) is 12.9 Å². The van der Waals surface area contributed by atoms with Crippen molar-refractivity contribution in [1.82, 2.24) is 0 Å². The number of Topliss-reactive ketones (excluding diaryl/α,β-unsaturated/α-hetero) is 3. The Morgan fingerprint density at radius 3 is 2.36 bits per heavy atom. The van der Waals surface area contributed by atoms with Gasteiger partial charge in [0.25, 0.3) is 0 Å². The number of ketones is 3. The Morgan fingerprint density at radius 2 is 1.86 bits per heavy atom. The fraction of sp³-hybridized carbons (Fsp3) is 0.474. The number of carbonyl (C=O) groups is 3. The fourth-order valence-corrected chi connectivity index (χ4v) is 4.44. The number of nitrogens with zero attached hydrogens (tertiary/aromatic N) is 1. The van der Waals surface area contributed by atoms with Crippen LogP contribution in [0.5, 0.6) is 0 Å². The lowest BCUT2D eigenvalue weighted by Crippen LogP contribution is -2.42. The first-order chi connectivity index (χ1) is 12.9.